The minimum atomic E-state index is -0.511. The number of carbonyl (C=O) groups excluding carboxylic acids is 3. The summed E-state index contributed by atoms with van der Waals surface area (Å²) in [6, 6.07) is 11.6. The average Bonchev–Trinajstić information content (AvgIpc) is 3.29. The molecule has 2 aromatic carbocycles. The number of carbonyl (C=O) groups is 3. The van der Waals surface area contributed by atoms with E-state index in [1.165, 1.54) is 0 Å². The zero-order valence-corrected chi connectivity index (χ0v) is 42.4. The first-order valence-corrected chi connectivity index (χ1v) is 25.1. The summed E-state index contributed by atoms with van der Waals surface area (Å²) < 4.78 is 29.8. The Hall–Kier alpha value is -4.71. The van der Waals surface area contributed by atoms with Gasteiger partial charge in [0, 0.05) is 83.2 Å². The van der Waals surface area contributed by atoms with Crippen LogP contribution in [0.3, 0.4) is 0 Å². The van der Waals surface area contributed by atoms with Gasteiger partial charge in [-0.25, -0.2) is 4.79 Å². The minimum absolute atomic E-state index is 0.103. The predicted molar refractivity (Wildman–Crippen MR) is 265 cm³/mol. The Bertz CT molecular complexity index is 1890. The molecule has 2 fully saturated rings. The second-order valence-corrected chi connectivity index (χ2v) is 19.4. The predicted octanol–water partition coefficient (Wildman–Crippen LogP) is 10.5. The van der Waals surface area contributed by atoms with Gasteiger partial charge in [0.2, 0.25) is 11.8 Å². The van der Waals surface area contributed by atoms with Crippen LogP contribution in [0.15, 0.2) is 55.3 Å². The number of aromatic hydroxyl groups is 1. The lowest BCUT2D eigenvalue weighted by Gasteiger charge is -2.47. The number of phenolic OH excluding ortho intramolecular Hbond substituents is 1. The molecule has 2 N–H and O–H groups in total. The number of rotatable bonds is 17. The van der Waals surface area contributed by atoms with Crippen LogP contribution < -0.4 is 19.5 Å². The van der Waals surface area contributed by atoms with Gasteiger partial charge in [0.1, 0.15) is 39.8 Å². The highest BCUT2D eigenvalue weighted by Crippen LogP contribution is 2.51. The summed E-state index contributed by atoms with van der Waals surface area (Å²) in [5.74, 6) is 3.88. The fourth-order valence-corrected chi connectivity index (χ4v) is 10.2. The first-order valence-electron chi connectivity index (χ1n) is 25.1. The summed E-state index contributed by atoms with van der Waals surface area (Å²) in [6.07, 6.45) is 12.0. The summed E-state index contributed by atoms with van der Waals surface area (Å²) in [7, 11) is 1.61. The molecule has 0 radical (unpaired) electrons. The lowest BCUT2D eigenvalue weighted by atomic mass is 9.75. The highest BCUT2D eigenvalue weighted by atomic mass is 16.7. The van der Waals surface area contributed by atoms with E-state index in [0.717, 1.165) is 145 Å². The summed E-state index contributed by atoms with van der Waals surface area (Å²) in [5, 5.41) is 13.9. The number of nitrogens with zero attached hydrogens (tertiary/aromatic N) is 3. The molecule has 4 heterocycles. The Morgan fingerprint density at radius 2 is 1.25 bits per heavy atom. The van der Waals surface area contributed by atoms with Gasteiger partial charge in [-0.2, -0.15) is 0 Å². The van der Waals surface area contributed by atoms with E-state index in [1.54, 1.807) is 18.1 Å². The fraction of sp³-hybridized carbons (Fsp3) is 0.667. The molecule has 2 spiro atoms. The van der Waals surface area contributed by atoms with E-state index < -0.39 is 5.60 Å². The number of unbranched alkanes of at least 4 members (excludes halogenated alkanes) is 2. The van der Waals surface area contributed by atoms with Gasteiger partial charge >= 0.3 is 6.09 Å². The van der Waals surface area contributed by atoms with Gasteiger partial charge in [0.25, 0.3) is 0 Å². The summed E-state index contributed by atoms with van der Waals surface area (Å²) >= 11 is 0. The van der Waals surface area contributed by atoms with Gasteiger partial charge in [0.05, 0.1) is 0 Å². The minimum Gasteiger partial charge on any atom is -0.508 e. The molecule has 0 aromatic heterocycles. The third kappa shape index (κ3) is 15.9. The third-order valence-electron chi connectivity index (χ3n) is 13.6. The number of amides is 3. The Morgan fingerprint density at radius 1 is 0.776 bits per heavy atom. The van der Waals surface area contributed by atoms with Crippen molar-refractivity contribution >= 4 is 17.9 Å². The molecular weight excluding hydrogens is 849 g/mol. The summed E-state index contributed by atoms with van der Waals surface area (Å²) in [5.41, 5.74) is 3.37. The number of phenols is 1. The van der Waals surface area contributed by atoms with Crippen molar-refractivity contribution in [1.82, 2.24) is 20.0 Å². The molecule has 2 atom stereocenters. The van der Waals surface area contributed by atoms with Crippen molar-refractivity contribution in [3.63, 3.8) is 0 Å². The standard InChI is InChI=1S/C29H46N2O6.C22H34N2O3.C3H4/c1-7-30(8-2)25(32)15-10-9-12-22-20-29(16-18-31(19-17-29)27(33)37-28(3,4)5)36-24-14-11-13-23(26(22)24)35-21-34-6;1-3-24(4-2)20(26)11-6-5-8-17-16-22(12-14-23-15-13-22)27-19-10-7-9-18(25)21(17)19;1-3-2/h11,13-14,22H,7-10,12,15-21H2,1-6H3;7,9-10,17,23,25H,3-6,8,11-16H2,1-2H3;1-2H2. The maximum atomic E-state index is 12.6. The number of piperidine rings is 2. The van der Waals surface area contributed by atoms with Crippen LogP contribution in [0.1, 0.15) is 161 Å². The van der Waals surface area contributed by atoms with Crippen molar-refractivity contribution in [3.05, 3.63) is 66.4 Å². The summed E-state index contributed by atoms with van der Waals surface area (Å²) in [4.78, 5) is 42.9. The first-order chi connectivity index (χ1) is 32.1. The maximum absolute atomic E-state index is 12.6. The molecule has 67 heavy (non-hydrogen) atoms. The van der Waals surface area contributed by atoms with E-state index in [0.29, 0.717) is 37.6 Å². The van der Waals surface area contributed by atoms with Gasteiger partial charge in [-0.05, 0) is 149 Å². The molecule has 4 aliphatic heterocycles. The third-order valence-corrected chi connectivity index (χ3v) is 13.6. The molecule has 0 saturated carbocycles. The van der Waals surface area contributed by atoms with Crippen molar-refractivity contribution in [2.75, 3.05) is 66.3 Å². The summed E-state index contributed by atoms with van der Waals surface area (Å²) in [6.45, 7) is 26.5. The van der Waals surface area contributed by atoms with Gasteiger partial charge in [-0.1, -0.05) is 38.1 Å². The maximum Gasteiger partial charge on any atom is 0.410 e. The van der Waals surface area contributed by atoms with E-state index in [1.807, 2.05) is 88.6 Å². The Labute approximate surface area is 402 Å². The number of hydrogen-bond donors (Lipinski definition) is 2. The molecule has 4 aliphatic rings. The van der Waals surface area contributed by atoms with Gasteiger partial charge in [-0.15, -0.1) is 5.73 Å². The number of methoxy groups -OCH3 is 1. The molecular formula is C54H84N4O9. The Kier molecular flexibility index (Phi) is 21.9. The number of fused-ring (bicyclic) bond motifs is 2. The molecule has 6 rings (SSSR count). The van der Waals surface area contributed by atoms with Crippen LogP contribution in [0.5, 0.6) is 23.0 Å². The smallest absolute Gasteiger partial charge is 0.410 e. The number of nitrogens with one attached hydrogen (secondary N) is 1. The quantitative estimate of drug-likeness (QED) is 0.0895. The van der Waals surface area contributed by atoms with Gasteiger partial charge in [0.15, 0.2) is 6.79 Å². The van der Waals surface area contributed by atoms with Crippen molar-refractivity contribution in [1.29, 1.82) is 0 Å². The largest absolute Gasteiger partial charge is 0.508 e. The second-order valence-electron chi connectivity index (χ2n) is 19.4. The Balaban J connectivity index is 0.000000288. The lowest BCUT2D eigenvalue weighted by Crippen LogP contribution is -2.52. The molecule has 0 bridgehead atoms. The van der Waals surface area contributed by atoms with Crippen molar-refractivity contribution < 1.29 is 43.2 Å². The lowest BCUT2D eigenvalue weighted by molar-refractivity contribution is -0.131. The number of benzene rings is 2. The van der Waals surface area contributed by atoms with Gasteiger partial charge in [-0.3, -0.25) is 9.59 Å². The van der Waals surface area contributed by atoms with Crippen LogP contribution >= 0.6 is 0 Å². The van der Waals surface area contributed by atoms with E-state index in [2.05, 4.69) is 24.2 Å². The second kappa shape index (κ2) is 26.7. The number of ether oxygens (including phenoxy) is 5. The topological polar surface area (TPSA) is 139 Å². The molecule has 2 saturated heterocycles. The first kappa shape index (κ1) is 54.9. The van der Waals surface area contributed by atoms with Crippen LogP contribution in [0.4, 0.5) is 4.79 Å². The van der Waals surface area contributed by atoms with Crippen molar-refractivity contribution in [3.8, 4) is 23.0 Å². The molecule has 13 heteroatoms. The molecule has 2 unspecified atom stereocenters. The van der Waals surface area contributed by atoms with E-state index in [4.69, 9.17) is 23.7 Å². The fourth-order valence-electron chi connectivity index (χ4n) is 10.2. The molecule has 0 aliphatic carbocycles. The molecule has 13 nitrogen and oxygen atoms in total. The zero-order valence-electron chi connectivity index (χ0n) is 42.4. The van der Waals surface area contributed by atoms with E-state index in [-0.39, 0.29) is 41.8 Å². The van der Waals surface area contributed by atoms with Crippen LogP contribution in [0.25, 0.3) is 0 Å². The van der Waals surface area contributed by atoms with E-state index >= 15 is 0 Å². The van der Waals surface area contributed by atoms with Crippen molar-refractivity contribution in [2.45, 2.75) is 167 Å². The van der Waals surface area contributed by atoms with Crippen LogP contribution in [-0.4, -0.2) is 121 Å². The SMILES string of the molecule is C=C=C.CCN(CC)C(=O)CCCCC1CC2(CCN(C(=O)OC(C)(C)C)CC2)Oc2cccc(OCOC)c21.CCN(CC)C(=O)CCCCC1CC2(CCNCC2)Oc2cccc(O)c21. The monoisotopic (exact) mass is 933 g/mol. The molecule has 374 valence electrons. The molecule has 2 aromatic rings. The average molecular weight is 933 g/mol. The van der Waals surface area contributed by atoms with Crippen molar-refractivity contribution in [2.24, 2.45) is 0 Å². The van der Waals surface area contributed by atoms with Gasteiger partial charge < -0.3 is 48.8 Å². The Morgan fingerprint density at radius 3 is 1.75 bits per heavy atom. The number of likely N-dealkylation sites (tertiary alicyclic amines) is 1. The van der Waals surface area contributed by atoms with E-state index in [9.17, 15) is 19.5 Å². The molecule has 3 amide bonds. The highest BCUT2D eigenvalue weighted by Gasteiger charge is 2.46. The van der Waals surface area contributed by atoms with Crippen LogP contribution in [0, 0.1) is 0 Å². The zero-order chi connectivity index (χ0) is 49.0. The van der Waals surface area contributed by atoms with Crippen LogP contribution in [0.2, 0.25) is 0 Å². The highest BCUT2D eigenvalue weighted by molar-refractivity contribution is 5.76. The normalized spacial score (nSPS) is 18.8. The van der Waals surface area contributed by atoms with Crippen LogP contribution in [-0.2, 0) is 19.1 Å². The number of hydrogen-bond acceptors (Lipinski definition) is 10.